The van der Waals surface area contributed by atoms with E-state index >= 15 is 0 Å². The molecule has 1 N–H and O–H groups in total. The largest absolute Gasteiger partial charge is 0.265 e. The van der Waals surface area contributed by atoms with Gasteiger partial charge in [-0.3, -0.25) is 15.0 Å². The van der Waals surface area contributed by atoms with Crippen LogP contribution in [0.2, 0.25) is 0 Å². The first kappa shape index (κ1) is 17.8. The minimum absolute atomic E-state index is 0.0743. The zero-order chi connectivity index (χ0) is 18.7. The molecular weight excluding hydrogens is 360 g/mol. The number of hydrogen-bond acceptors (Lipinski definition) is 5. The van der Waals surface area contributed by atoms with Gasteiger partial charge in [-0.25, -0.2) is 13.1 Å². The van der Waals surface area contributed by atoms with Gasteiger partial charge in [-0.15, -0.1) is 0 Å². The maximum atomic E-state index is 12.8. The molecule has 1 aliphatic carbocycles. The van der Waals surface area contributed by atoms with E-state index < -0.39 is 10.0 Å². The van der Waals surface area contributed by atoms with Crippen LogP contribution in [-0.2, 0) is 29.4 Å². The van der Waals surface area contributed by atoms with Crippen molar-refractivity contribution in [1.29, 1.82) is 0 Å². The van der Waals surface area contributed by atoms with Crippen LogP contribution in [0.25, 0.3) is 11.3 Å². The normalized spacial score (nSPS) is 13.9. The molecule has 0 saturated heterocycles. The van der Waals surface area contributed by atoms with E-state index in [0.29, 0.717) is 16.3 Å². The highest BCUT2D eigenvalue weighted by Gasteiger charge is 2.19. The lowest BCUT2D eigenvalue weighted by molar-refractivity contribution is 0.579. The van der Waals surface area contributed by atoms with Gasteiger partial charge < -0.3 is 0 Å². The molecule has 0 fully saturated rings. The van der Waals surface area contributed by atoms with E-state index in [9.17, 15) is 8.42 Å². The summed E-state index contributed by atoms with van der Waals surface area (Å²) in [7, 11) is -3.62. The second kappa shape index (κ2) is 7.54. The van der Waals surface area contributed by atoms with Crippen molar-refractivity contribution in [2.45, 2.75) is 37.1 Å². The molecule has 0 bridgehead atoms. The predicted octanol–water partition coefficient (Wildman–Crippen LogP) is 2.90. The highest BCUT2D eigenvalue weighted by molar-refractivity contribution is 7.89. The number of sulfonamides is 1. The molecule has 4 rings (SSSR count). The molecule has 1 aliphatic rings. The summed E-state index contributed by atoms with van der Waals surface area (Å²) in [6.45, 7) is 0.0743. The number of benzene rings is 1. The third-order valence-electron chi connectivity index (χ3n) is 4.79. The van der Waals surface area contributed by atoms with Crippen LogP contribution in [0.1, 0.15) is 29.7 Å². The molecule has 0 saturated carbocycles. The second-order valence-corrected chi connectivity index (χ2v) is 8.32. The molecule has 2 aromatic heterocycles. The van der Waals surface area contributed by atoms with Crippen molar-refractivity contribution in [1.82, 2.24) is 19.7 Å². The molecule has 2 heterocycles. The second-order valence-electron chi connectivity index (χ2n) is 6.55. The molecule has 6 nitrogen and oxygen atoms in total. The molecule has 1 aromatic carbocycles. The fourth-order valence-electron chi connectivity index (χ4n) is 3.37. The highest BCUT2D eigenvalue weighted by Crippen LogP contribution is 2.24. The van der Waals surface area contributed by atoms with Gasteiger partial charge in [0.05, 0.1) is 22.8 Å². The summed E-state index contributed by atoms with van der Waals surface area (Å²) < 4.78 is 28.2. The number of pyridine rings is 1. The van der Waals surface area contributed by atoms with Gasteiger partial charge in [-0.1, -0.05) is 6.07 Å². The van der Waals surface area contributed by atoms with Gasteiger partial charge in [-0.05, 0) is 61.1 Å². The van der Waals surface area contributed by atoms with Crippen molar-refractivity contribution in [2.75, 3.05) is 0 Å². The summed E-state index contributed by atoms with van der Waals surface area (Å²) in [4.78, 5) is 13.0. The molecule has 27 heavy (non-hydrogen) atoms. The molecule has 0 amide bonds. The fraction of sp³-hybridized carbons (Fsp3) is 0.250. The number of hydrogen-bond donors (Lipinski definition) is 1. The van der Waals surface area contributed by atoms with Crippen LogP contribution in [0.4, 0.5) is 0 Å². The van der Waals surface area contributed by atoms with E-state index in [2.05, 4.69) is 19.7 Å². The molecular formula is C20H20N4O2S. The van der Waals surface area contributed by atoms with Crippen LogP contribution < -0.4 is 4.72 Å². The SMILES string of the molecule is O=S(=O)(NCc1nccnc1-c1ccncc1)c1ccc2c(c1)CCCC2. The number of rotatable bonds is 5. The van der Waals surface area contributed by atoms with Crippen molar-refractivity contribution in [2.24, 2.45) is 0 Å². The maximum Gasteiger partial charge on any atom is 0.240 e. The Kier molecular flexibility index (Phi) is 4.96. The average Bonchev–Trinajstić information content (AvgIpc) is 2.73. The Morgan fingerprint density at radius 1 is 0.889 bits per heavy atom. The van der Waals surface area contributed by atoms with Gasteiger partial charge in [0.25, 0.3) is 0 Å². The Balaban J connectivity index is 1.57. The van der Waals surface area contributed by atoms with Crippen LogP contribution >= 0.6 is 0 Å². The van der Waals surface area contributed by atoms with Crippen LogP contribution in [-0.4, -0.2) is 23.4 Å². The summed E-state index contributed by atoms with van der Waals surface area (Å²) in [6, 6.07) is 9.08. The lowest BCUT2D eigenvalue weighted by Crippen LogP contribution is -2.24. The number of aryl methyl sites for hydroxylation is 2. The minimum atomic E-state index is -3.62. The van der Waals surface area contributed by atoms with Crippen LogP contribution in [0.15, 0.2) is 60.0 Å². The van der Waals surface area contributed by atoms with Crippen molar-refractivity contribution < 1.29 is 8.42 Å². The van der Waals surface area contributed by atoms with Gasteiger partial charge >= 0.3 is 0 Å². The Hall–Kier alpha value is -2.64. The molecule has 3 aromatic rings. The van der Waals surface area contributed by atoms with Crippen molar-refractivity contribution in [3.8, 4) is 11.3 Å². The molecule has 0 unspecified atom stereocenters. The van der Waals surface area contributed by atoms with Crippen molar-refractivity contribution in [3.63, 3.8) is 0 Å². The first-order valence-electron chi connectivity index (χ1n) is 8.95. The first-order valence-corrected chi connectivity index (χ1v) is 10.4. The summed E-state index contributed by atoms with van der Waals surface area (Å²) in [5.41, 5.74) is 4.47. The summed E-state index contributed by atoms with van der Waals surface area (Å²) >= 11 is 0. The van der Waals surface area contributed by atoms with Gasteiger partial charge in [0.15, 0.2) is 0 Å². The summed E-state index contributed by atoms with van der Waals surface area (Å²) in [6.07, 6.45) is 10.7. The Morgan fingerprint density at radius 3 is 2.44 bits per heavy atom. The Labute approximate surface area is 158 Å². The van der Waals surface area contributed by atoms with E-state index in [1.807, 2.05) is 18.2 Å². The first-order chi connectivity index (χ1) is 13.1. The molecule has 0 atom stereocenters. The summed E-state index contributed by atoms with van der Waals surface area (Å²) in [5.74, 6) is 0. The lowest BCUT2D eigenvalue weighted by Gasteiger charge is -2.17. The Bertz CT molecular complexity index is 1050. The Morgan fingerprint density at radius 2 is 1.63 bits per heavy atom. The molecule has 7 heteroatoms. The van der Waals surface area contributed by atoms with Crippen LogP contribution in [0, 0.1) is 0 Å². The molecule has 0 radical (unpaired) electrons. The lowest BCUT2D eigenvalue weighted by atomic mass is 9.92. The molecule has 0 spiro atoms. The highest BCUT2D eigenvalue weighted by atomic mass is 32.2. The molecule has 0 aliphatic heterocycles. The zero-order valence-corrected chi connectivity index (χ0v) is 15.6. The van der Waals surface area contributed by atoms with Gasteiger partial charge in [0.1, 0.15) is 0 Å². The van der Waals surface area contributed by atoms with E-state index in [0.717, 1.165) is 30.4 Å². The number of nitrogens with one attached hydrogen (secondary N) is 1. The van der Waals surface area contributed by atoms with Crippen molar-refractivity contribution >= 4 is 10.0 Å². The third kappa shape index (κ3) is 3.89. The predicted molar refractivity (Wildman–Crippen MR) is 102 cm³/mol. The fourth-order valence-corrected chi connectivity index (χ4v) is 4.41. The third-order valence-corrected chi connectivity index (χ3v) is 6.19. The topological polar surface area (TPSA) is 84.8 Å². The van der Waals surface area contributed by atoms with Crippen LogP contribution in [0.5, 0.6) is 0 Å². The number of aromatic nitrogens is 3. The van der Waals surface area contributed by atoms with Gasteiger partial charge in [0.2, 0.25) is 10.0 Å². The van der Waals surface area contributed by atoms with Crippen molar-refractivity contribution in [3.05, 3.63) is 71.9 Å². The van der Waals surface area contributed by atoms with E-state index in [4.69, 9.17) is 0 Å². The summed E-state index contributed by atoms with van der Waals surface area (Å²) in [5, 5.41) is 0. The smallest absolute Gasteiger partial charge is 0.240 e. The van der Waals surface area contributed by atoms with Gasteiger partial charge in [-0.2, -0.15) is 0 Å². The molecule has 138 valence electrons. The van der Waals surface area contributed by atoms with Crippen LogP contribution in [0.3, 0.4) is 0 Å². The monoisotopic (exact) mass is 380 g/mol. The van der Waals surface area contributed by atoms with E-state index in [-0.39, 0.29) is 6.54 Å². The quantitative estimate of drug-likeness (QED) is 0.736. The zero-order valence-electron chi connectivity index (χ0n) is 14.8. The minimum Gasteiger partial charge on any atom is -0.265 e. The van der Waals surface area contributed by atoms with E-state index in [1.165, 1.54) is 12.0 Å². The average molecular weight is 380 g/mol. The maximum absolute atomic E-state index is 12.8. The number of fused-ring (bicyclic) bond motifs is 1. The standard InChI is InChI=1S/C20H20N4O2S/c25-27(26,18-6-5-15-3-1-2-4-17(15)13-18)24-14-19-20(23-12-11-22-19)16-7-9-21-10-8-16/h5-13,24H,1-4,14H2. The van der Waals surface area contributed by atoms with E-state index in [1.54, 1.807) is 36.9 Å². The number of nitrogens with zero attached hydrogens (tertiary/aromatic N) is 3. The van der Waals surface area contributed by atoms with Gasteiger partial charge in [0, 0.05) is 30.4 Å².